The molecular weight excluding hydrogens is 283 g/mol. The third-order valence-electron chi connectivity index (χ3n) is 3.56. The van der Waals surface area contributed by atoms with Crippen molar-refractivity contribution in [2.75, 3.05) is 19.7 Å². The molecule has 2 rings (SSSR count). The van der Waals surface area contributed by atoms with Crippen LogP contribution in [-0.2, 0) is 0 Å². The topological polar surface area (TPSA) is 49.5 Å². The molecular formula is C14H20Cl2N2O. The standard InChI is InChI=1S/C14H20Cl2N2O/c15-12-3-1-2-11(14(12)16)13(17)6-7-18(8-9-19)10-4-5-10/h1-3,10,13,19H,4-9,17H2. The van der Waals surface area contributed by atoms with Crippen molar-refractivity contribution in [2.45, 2.75) is 31.3 Å². The van der Waals surface area contributed by atoms with Crippen LogP contribution in [-0.4, -0.2) is 35.7 Å². The lowest BCUT2D eigenvalue weighted by atomic mass is 10.0. The van der Waals surface area contributed by atoms with E-state index < -0.39 is 0 Å². The van der Waals surface area contributed by atoms with E-state index in [2.05, 4.69) is 4.90 Å². The summed E-state index contributed by atoms with van der Waals surface area (Å²) in [5, 5.41) is 10.2. The van der Waals surface area contributed by atoms with E-state index in [1.54, 1.807) is 6.07 Å². The van der Waals surface area contributed by atoms with E-state index in [1.807, 2.05) is 12.1 Å². The first-order valence-corrected chi connectivity index (χ1v) is 7.43. The van der Waals surface area contributed by atoms with Crippen molar-refractivity contribution in [3.63, 3.8) is 0 Å². The minimum atomic E-state index is -0.119. The van der Waals surface area contributed by atoms with Crippen LogP contribution >= 0.6 is 23.2 Å². The van der Waals surface area contributed by atoms with E-state index in [1.165, 1.54) is 12.8 Å². The zero-order chi connectivity index (χ0) is 13.8. The monoisotopic (exact) mass is 302 g/mol. The van der Waals surface area contributed by atoms with Crippen LogP contribution in [0.2, 0.25) is 10.0 Å². The maximum Gasteiger partial charge on any atom is 0.0640 e. The molecule has 0 aliphatic heterocycles. The summed E-state index contributed by atoms with van der Waals surface area (Å²) in [7, 11) is 0. The second-order valence-corrected chi connectivity index (χ2v) is 5.81. The van der Waals surface area contributed by atoms with Crippen molar-refractivity contribution >= 4 is 23.2 Å². The summed E-state index contributed by atoms with van der Waals surface area (Å²) in [5.74, 6) is 0. The molecule has 1 aromatic carbocycles. The first-order valence-electron chi connectivity index (χ1n) is 6.68. The van der Waals surface area contributed by atoms with Gasteiger partial charge >= 0.3 is 0 Å². The third kappa shape index (κ3) is 4.07. The summed E-state index contributed by atoms with van der Waals surface area (Å²) in [6.07, 6.45) is 3.27. The molecule has 1 fully saturated rings. The molecule has 1 unspecified atom stereocenters. The second kappa shape index (κ2) is 6.91. The molecule has 0 aromatic heterocycles. The SMILES string of the molecule is NC(CCN(CCO)C1CC1)c1cccc(Cl)c1Cl. The van der Waals surface area contributed by atoms with E-state index >= 15 is 0 Å². The fourth-order valence-corrected chi connectivity index (χ4v) is 2.76. The summed E-state index contributed by atoms with van der Waals surface area (Å²) < 4.78 is 0. The Kier molecular flexibility index (Phi) is 5.48. The highest BCUT2D eigenvalue weighted by Gasteiger charge is 2.28. The molecule has 3 N–H and O–H groups in total. The van der Waals surface area contributed by atoms with Crippen molar-refractivity contribution in [3.8, 4) is 0 Å². The molecule has 0 spiro atoms. The lowest BCUT2D eigenvalue weighted by Gasteiger charge is -2.23. The molecule has 0 saturated heterocycles. The molecule has 1 atom stereocenters. The van der Waals surface area contributed by atoms with Crippen LogP contribution in [0.25, 0.3) is 0 Å². The zero-order valence-corrected chi connectivity index (χ0v) is 12.4. The Morgan fingerprint density at radius 2 is 2.05 bits per heavy atom. The number of hydrogen-bond acceptors (Lipinski definition) is 3. The van der Waals surface area contributed by atoms with Crippen LogP contribution in [0.5, 0.6) is 0 Å². The number of nitrogens with two attached hydrogens (primary N) is 1. The van der Waals surface area contributed by atoms with Crippen molar-refractivity contribution < 1.29 is 5.11 Å². The lowest BCUT2D eigenvalue weighted by Crippen LogP contribution is -2.32. The Balaban J connectivity index is 1.92. The average Bonchev–Trinajstić information content (AvgIpc) is 3.21. The molecule has 0 amide bonds. The van der Waals surface area contributed by atoms with Crippen LogP contribution in [0.1, 0.15) is 30.9 Å². The molecule has 1 aliphatic carbocycles. The van der Waals surface area contributed by atoms with E-state index in [0.717, 1.165) is 25.1 Å². The van der Waals surface area contributed by atoms with Crippen molar-refractivity contribution in [3.05, 3.63) is 33.8 Å². The molecule has 106 valence electrons. The van der Waals surface area contributed by atoms with Crippen LogP contribution in [0.4, 0.5) is 0 Å². The number of hydrogen-bond donors (Lipinski definition) is 2. The highest BCUT2D eigenvalue weighted by atomic mass is 35.5. The molecule has 3 nitrogen and oxygen atoms in total. The van der Waals surface area contributed by atoms with Crippen LogP contribution in [0.15, 0.2) is 18.2 Å². The van der Waals surface area contributed by atoms with Crippen molar-refractivity contribution in [2.24, 2.45) is 5.73 Å². The van der Waals surface area contributed by atoms with Crippen molar-refractivity contribution in [1.29, 1.82) is 0 Å². The maximum absolute atomic E-state index is 9.06. The largest absolute Gasteiger partial charge is 0.395 e. The normalized spacial score (nSPS) is 16.9. The number of rotatable bonds is 7. The Hall–Kier alpha value is -0.320. The van der Waals surface area contributed by atoms with Gasteiger partial charge in [-0.05, 0) is 30.9 Å². The summed E-state index contributed by atoms with van der Waals surface area (Å²) in [6, 6.07) is 6.07. The van der Waals surface area contributed by atoms with Crippen LogP contribution in [0.3, 0.4) is 0 Å². The molecule has 19 heavy (non-hydrogen) atoms. The second-order valence-electron chi connectivity index (χ2n) is 5.03. The predicted molar refractivity (Wildman–Crippen MR) is 79.7 cm³/mol. The number of aliphatic hydroxyl groups excluding tert-OH is 1. The lowest BCUT2D eigenvalue weighted by molar-refractivity contribution is 0.185. The quantitative estimate of drug-likeness (QED) is 0.814. The number of aliphatic hydroxyl groups is 1. The van der Waals surface area contributed by atoms with Gasteiger partial charge < -0.3 is 10.8 Å². The van der Waals surface area contributed by atoms with Gasteiger partial charge in [-0.25, -0.2) is 0 Å². The first-order chi connectivity index (χ1) is 9.13. The maximum atomic E-state index is 9.06. The Labute approximate surface area is 124 Å². The van der Waals surface area contributed by atoms with Gasteiger partial charge in [-0.2, -0.15) is 0 Å². The zero-order valence-electron chi connectivity index (χ0n) is 10.9. The van der Waals surface area contributed by atoms with Gasteiger partial charge in [0.2, 0.25) is 0 Å². The number of halogens is 2. The molecule has 1 aliphatic rings. The Bertz CT molecular complexity index is 424. The van der Waals surface area contributed by atoms with Gasteiger partial charge in [-0.1, -0.05) is 35.3 Å². The molecule has 1 saturated carbocycles. The van der Waals surface area contributed by atoms with Gasteiger partial charge in [0.1, 0.15) is 0 Å². The van der Waals surface area contributed by atoms with Gasteiger partial charge in [0.15, 0.2) is 0 Å². The summed E-state index contributed by atoms with van der Waals surface area (Å²) >= 11 is 12.2. The third-order valence-corrected chi connectivity index (χ3v) is 4.39. The molecule has 0 heterocycles. The molecule has 0 radical (unpaired) electrons. The van der Waals surface area contributed by atoms with Gasteiger partial charge in [0.05, 0.1) is 16.7 Å². The fraction of sp³-hybridized carbons (Fsp3) is 0.571. The average molecular weight is 303 g/mol. The van der Waals surface area contributed by atoms with Gasteiger partial charge in [-0.15, -0.1) is 0 Å². The van der Waals surface area contributed by atoms with Gasteiger partial charge in [0, 0.05) is 25.2 Å². The van der Waals surface area contributed by atoms with E-state index in [-0.39, 0.29) is 12.6 Å². The van der Waals surface area contributed by atoms with Gasteiger partial charge in [-0.3, -0.25) is 4.90 Å². The Morgan fingerprint density at radius 3 is 2.68 bits per heavy atom. The Morgan fingerprint density at radius 1 is 1.32 bits per heavy atom. The minimum Gasteiger partial charge on any atom is -0.395 e. The van der Waals surface area contributed by atoms with E-state index in [9.17, 15) is 0 Å². The number of benzene rings is 1. The summed E-state index contributed by atoms with van der Waals surface area (Å²) in [6.45, 7) is 1.81. The minimum absolute atomic E-state index is 0.119. The first kappa shape index (κ1) is 15.1. The molecule has 1 aromatic rings. The molecule has 5 heteroatoms. The van der Waals surface area contributed by atoms with Gasteiger partial charge in [0.25, 0.3) is 0 Å². The van der Waals surface area contributed by atoms with E-state index in [0.29, 0.717) is 16.1 Å². The summed E-state index contributed by atoms with van der Waals surface area (Å²) in [4.78, 5) is 2.30. The van der Waals surface area contributed by atoms with Crippen LogP contribution in [0, 0.1) is 0 Å². The molecule has 0 bridgehead atoms. The predicted octanol–water partition coefficient (Wildman–Crippen LogP) is 2.84. The summed E-state index contributed by atoms with van der Waals surface area (Å²) in [5.41, 5.74) is 7.09. The van der Waals surface area contributed by atoms with Crippen molar-refractivity contribution in [1.82, 2.24) is 4.90 Å². The van der Waals surface area contributed by atoms with Crippen LogP contribution < -0.4 is 5.73 Å². The fourth-order valence-electron chi connectivity index (χ4n) is 2.31. The highest BCUT2D eigenvalue weighted by Crippen LogP contribution is 2.31. The smallest absolute Gasteiger partial charge is 0.0640 e. The number of nitrogens with zero attached hydrogens (tertiary/aromatic N) is 1. The van der Waals surface area contributed by atoms with E-state index in [4.69, 9.17) is 34.0 Å². The highest BCUT2D eigenvalue weighted by molar-refractivity contribution is 6.42.